The van der Waals surface area contributed by atoms with E-state index < -0.39 is 10.7 Å². The Hall–Kier alpha value is -1.41. The Morgan fingerprint density at radius 2 is 1.95 bits per heavy atom. The molecular formula is C12H6ClFINO3. The predicted octanol–water partition coefficient (Wildman–Crippen LogP) is 4.78. The normalized spacial score (nSPS) is 10.3. The van der Waals surface area contributed by atoms with Crippen molar-refractivity contribution in [2.45, 2.75) is 0 Å². The zero-order chi connectivity index (χ0) is 14.0. The molecule has 0 heterocycles. The standard InChI is InChI=1S/C12H6ClFINO3/c13-7-5-10(16(17)18)12(6-8(7)14)19-11-4-2-1-3-9(11)15/h1-6H. The molecule has 0 amide bonds. The molecule has 2 aromatic carbocycles. The van der Waals surface area contributed by atoms with Crippen LogP contribution in [0.1, 0.15) is 0 Å². The molecule has 0 atom stereocenters. The number of nitro groups is 1. The number of ether oxygens (including phenoxy) is 1. The number of nitrogens with zero attached hydrogens (tertiary/aromatic N) is 1. The fourth-order valence-electron chi connectivity index (χ4n) is 1.39. The first-order valence-corrected chi connectivity index (χ1v) is 6.50. The minimum atomic E-state index is -0.770. The smallest absolute Gasteiger partial charge is 0.313 e. The van der Waals surface area contributed by atoms with E-state index in [0.29, 0.717) is 5.75 Å². The second kappa shape index (κ2) is 5.70. The van der Waals surface area contributed by atoms with Gasteiger partial charge in [0.05, 0.1) is 13.5 Å². The summed E-state index contributed by atoms with van der Waals surface area (Å²) in [6, 6.07) is 8.76. The summed E-state index contributed by atoms with van der Waals surface area (Å²) in [5, 5.41) is 10.6. The van der Waals surface area contributed by atoms with Crippen molar-refractivity contribution in [3.63, 3.8) is 0 Å². The Morgan fingerprint density at radius 1 is 1.26 bits per heavy atom. The number of benzene rings is 2. The van der Waals surface area contributed by atoms with Crippen LogP contribution in [0.2, 0.25) is 5.02 Å². The average molecular weight is 394 g/mol. The number of rotatable bonds is 3. The molecule has 4 nitrogen and oxygen atoms in total. The van der Waals surface area contributed by atoms with Gasteiger partial charge in [-0.2, -0.15) is 0 Å². The van der Waals surface area contributed by atoms with Crippen LogP contribution in [0.15, 0.2) is 36.4 Å². The van der Waals surface area contributed by atoms with Crippen LogP contribution < -0.4 is 4.74 Å². The first-order valence-electron chi connectivity index (χ1n) is 5.05. The van der Waals surface area contributed by atoms with Crippen molar-refractivity contribution in [1.82, 2.24) is 0 Å². The zero-order valence-electron chi connectivity index (χ0n) is 9.27. The maximum Gasteiger partial charge on any atom is 0.313 e. The monoisotopic (exact) mass is 393 g/mol. The lowest BCUT2D eigenvalue weighted by molar-refractivity contribution is -0.385. The zero-order valence-corrected chi connectivity index (χ0v) is 12.2. The molecule has 0 aliphatic carbocycles. The highest BCUT2D eigenvalue weighted by atomic mass is 127. The molecule has 0 bridgehead atoms. The number of hydrogen-bond donors (Lipinski definition) is 0. The van der Waals surface area contributed by atoms with Gasteiger partial charge in [-0.15, -0.1) is 0 Å². The second-order valence-electron chi connectivity index (χ2n) is 3.52. The molecule has 0 aromatic heterocycles. The van der Waals surface area contributed by atoms with Crippen LogP contribution in [0.4, 0.5) is 10.1 Å². The lowest BCUT2D eigenvalue weighted by atomic mass is 10.3. The summed E-state index contributed by atoms with van der Waals surface area (Å²) >= 11 is 7.54. The fourth-order valence-corrected chi connectivity index (χ4v) is 2.04. The maximum absolute atomic E-state index is 13.4. The SMILES string of the molecule is O=[N+]([O-])c1cc(Cl)c(F)cc1Oc1ccccc1I. The van der Waals surface area contributed by atoms with Gasteiger partial charge < -0.3 is 4.74 Å². The average Bonchev–Trinajstić information content (AvgIpc) is 2.36. The molecule has 0 radical (unpaired) electrons. The van der Waals surface area contributed by atoms with E-state index in [1.54, 1.807) is 24.3 Å². The topological polar surface area (TPSA) is 52.4 Å². The van der Waals surface area contributed by atoms with Crippen LogP contribution in [-0.2, 0) is 0 Å². The van der Waals surface area contributed by atoms with Gasteiger partial charge in [-0.3, -0.25) is 10.1 Å². The van der Waals surface area contributed by atoms with Gasteiger partial charge in [-0.25, -0.2) is 4.39 Å². The molecule has 98 valence electrons. The van der Waals surface area contributed by atoms with Gasteiger partial charge in [0.15, 0.2) is 0 Å². The Morgan fingerprint density at radius 3 is 2.58 bits per heavy atom. The van der Waals surface area contributed by atoms with Gasteiger partial charge in [0, 0.05) is 12.1 Å². The third-order valence-electron chi connectivity index (χ3n) is 2.26. The van der Waals surface area contributed by atoms with E-state index >= 15 is 0 Å². The summed E-state index contributed by atoms with van der Waals surface area (Å²) in [5.74, 6) is -0.544. The first kappa shape index (κ1) is 14.0. The quantitative estimate of drug-likeness (QED) is 0.428. The molecule has 19 heavy (non-hydrogen) atoms. The van der Waals surface area contributed by atoms with Crippen molar-refractivity contribution in [3.8, 4) is 11.5 Å². The van der Waals surface area contributed by atoms with E-state index in [-0.39, 0.29) is 16.5 Å². The van der Waals surface area contributed by atoms with E-state index in [1.165, 1.54) is 0 Å². The van der Waals surface area contributed by atoms with Gasteiger partial charge in [0.2, 0.25) is 5.75 Å². The van der Waals surface area contributed by atoms with E-state index in [1.807, 2.05) is 22.6 Å². The molecule has 7 heteroatoms. The molecule has 0 aliphatic rings. The molecule has 0 spiro atoms. The highest BCUT2D eigenvalue weighted by molar-refractivity contribution is 14.1. The molecule has 0 saturated carbocycles. The van der Waals surface area contributed by atoms with E-state index in [2.05, 4.69) is 0 Å². The Balaban J connectivity index is 2.48. The van der Waals surface area contributed by atoms with E-state index in [0.717, 1.165) is 15.7 Å². The summed E-state index contributed by atoms with van der Waals surface area (Å²) in [6.07, 6.45) is 0. The van der Waals surface area contributed by atoms with Crippen molar-refractivity contribution in [3.05, 3.63) is 60.9 Å². The van der Waals surface area contributed by atoms with Crippen molar-refractivity contribution < 1.29 is 14.1 Å². The first-order chi connectivity index (χ1) is 8.99. The minimum Gasteiger partial charge on any atom is -0.449 e. The predicted molar refractivity (Wildman–Crippen MR) is 77.3 cm³/mol. The highest BCUT2D eigenvalue weighted by Gasteiger charge is 2.20. The largest absolute Gasteiger partial charge is 0.449 e. The Bertz CT molecular complexity index is 651. The van der Waals surface area contributed by atoms with Crippen molar-refractivity contribution >= 4 is 39.9 Å². The summed E-state index contributed by atoms with van der Waals surface area (Å²) in [5.41, 5.74) is -0.383. The van der Waals surface area contributed by atoms with Gasteiger partial charge in [-0.1, -0.05) is 23.7 Å². The molecule has 2 aromatic rings. The van der Waals surface area contributed by atoms with Gasteiger partial charge in [0.1, 0.15) is 11.6 Å². The van der Waals surface area contributed by atoms with Crippen LogP contribution in [0.25, 0.3) is 0 Å². The van der Waals surface area contributed by atoms with Crippen LogP contribution >= 0.6 is 34.2 Å². The second-order valence-corrected chi connectivity index (χ2v) is 5.09. The van der Waals surface area contributed by atoms with Crippen LogP contribution in [-0.4, -0.2) is 4.92 Å². The number of para-hydroxylation sites is 1. The van der Waals surface area contributed by atoms with Crippen LogP contribution in [0, 0.1) is 19.5 Å². The fraction of sp³-hybridized carbons (Fsp3) is 0. The van der Waals surface area contributed by atoms with Crippen molar-refractivity contribution in [1.29, 1.82) is 0 Å². The Kier molecular flexibility index (Phi) is 4.20. The van der Waals surface area contributed by atoms with Crippen molar-refractivity contribution in [2.24, 2.45) is 0 Å². The lowest BCUT2D eigenvalue weighted by Gasteiger charge is -2.08. The molecule has 0 fully saturated rings. The maximum atomic E-state index is 13.4. The van der Waals surface area contributed by atoms with Gasteiger partial charge in [0.25, 0.3) is 0 Å². The van der Waals surface area contributed by atoms with Crippen molar-refractivity contribution in [2.75, 3.05) is 0 Å². The van der Waals surface area contributed by atoms with Gasteiger partial charge in [-0.05, 0) is 34.7 Å². The summed E-state index contributed by atoms with van der Waals surface area (Å²) in [7, 11) is 0. The molecule has 0 saturated heterocycles. The molecule has 2 rings (SSSR count). The van der Waals surface area contributed by atoms with Crippen LogP contribution in [0.5, 0.6) is 11.5 Å². The third kappa shape index (κ3) is 3.13. The minimum absolute atomic E-state index is 0.184. The highest BCUT2D eigenvalue weighted by Crippen LogP contribution is 2.36. The van der Waals surface area contributed by atoms with E-state index in [9.17, 15) is 14.5 Å². The number of hydrogen-bond acceptors (Lipinski definition) is 3. The van der Waals surface area contributed by atoms with Crippen LogP contribution in [0.3, 0.4) is 0 Å². The third-order valence-corrected chi connectivity index (χ3v) is 3.44. The lowest BCUT2D eigenvalue weighted by Crippen LogP contribution is -1.96. The molecular weight excluding hydrogens is 387 g/mol. The summed E-state index contributed by atoms with van der Waals surface area (Å²) < 4.78 is 19.5. The van der Waals surface area contributed by atoms with Gasteiger partial charge >= 0.3 is 5.69 Å². The number of nitro benzene ring substituents is 1. The molecule has 0 N–H and O–H groups in total. The summed E-state index contributed by atoms with van der Waals surface area (Å²) in [6.45, 7) is 0. The summed E-state index contributed by atoms with van der Waals surface area (Å²) in [4.78, 5) is 10.2. The van der Waals surface area contributed by atoms with E-state index in [4.69, 9.17) is 16.3 Å². The Labute approximate surface area is 126 Å². The molecule has 0 unspecified atom stereocenters. The number of halogens is 3. The molecule has 0 aliphatic heterocycles.